The lowest BCUT2D eigenvalue weighted by molar-refractivity contribution is -0.385. The molecule has 2 aromatic carbocycles. The van der Waals surface area contributed by atoms with E-state index in [9.17, 15) is 33.7 Å². The van der Waals surface area contributed by atoms with Crippen LogP contribution in [0.1, 0.15) is 16.7 Å². The summed E-state index contributed by atoms with van der Waals surface area (Å²) in [7, 11) is 0. The molecule has 5 nitrogen and oxygen atoms in total. The topological polar surface area (TPSA) is 87.2 Å². The zero-order valence-electron chi connectivity index (χ0n) is 11.9. The number of hydrogen-bond donors (Lipinski definition) is 1. The molecule has 0 aliphatic rings. The quantitative estimate of drug-likeness (QED) is 0.390. The first-order valence-corrected chi connectivity index (χ1v) is 6.49. The summed E-state index contributed by atoms with van der Waals surface area (Å²) < 4.78 is 38.2. The van der Waals surface area contributed by atoms with Crippen LogP contribution < -0.4 is 0 Å². The molecule has 0 unspecified atom stereocenters. The van der Waals surface area contributed by atoms with Crippen LogP contribution in [-0.4, -0.2) is 10.0 Å². The Bertz CT molecular complexity index is 868. The molecule has 0 bridgehead atoms. The number of hydrogen-bond acceptors (Lipinski definition) is 4. The Hall–Kier alpha value is -3.34. The number of allylic oxidation sites excluding steroid dienone is 1. The lowest BCUT2D eigenvalue weighted by atomic mass is 10.0. The second-order valence-electron chi connectivity index (χ2n) is 4.75. The van der Waals surface area contributed by atoms with E-state index in [1.807, 2.05) is 0 Å². The molecule has 0 saturated heterocycles. The van der Waals surface area contributed by atoms with Crippen LogP contribution in [0, 0.1) is 21.4 Å². The summed E-state index contributed by atoms with van der Waals surface area (Å²) in [4.78, 5) is 9.99. The first-order valence-electron chi connectivity index (χ1n) is 6.49. The molecule has 2 rings (SSSR count). The zero-order chi connectivity index (χ0) is 17.9. The number of nitro benzene ring substituents is 1. The predicted octanol–water partition coefficient (Wildman–Crippen LogP) is 4.38. The van der Waals surface area contributed by atoms with Crippen molar-refractivity contribution in [2.24, 2.45) is 0 Å². The standard InChI is InChI=1S/C16H9F3N2O3/c17-16(18,19)13-3-1-2-11(8-13)12(9-20)6-10-4-5-15(22)14(7-10)21(23)24/h1-8,22H/b12-6-. The molecule has 8 heteroatoms. The minimum absolute atomic E-state index is 0.0306. The Morgan fingerprint density at radius 1 is 1.25 bits per heavy atom. The Balaban J connectivity index is 2.50. The largest absolute Gasteiger partial charge is 0.502 e. The van der Waals surface area contributed by atoms with E-state index in [2.05, 4.69) is 0 Å². The molecular formula is C16H9F3N2O3. The number of halogens is 3. The van der Waals surface area contributed by atoms with Gasteiger partial charge in [0.1, 0.15) is 0 Å². The first kappa shape index (κ1) is 17.0. The Kier molecular flexibility index (Phi) is 4.55. The highest BCUT2D eigenvalue weighted by atomic mass is 19.4. The Labute approximate surface area is 134 Å². The maximum absolute atomic E-state index is 12.7. The number of nitriles is 1. The fourth-order valence-electron chi connectivity index (χ4n) is 1.99. The van der Waals surface area contributed by atoms with Gasteiger partial charge in [-0.25, -0.2) is 0 Å². The van der Waals surface area contributed by atoms with E-state index < -0.39 is 28.1 Å². The number of rotatable bonds is 3. The molecule has 122 valence electrons. The summed E-state index contributed by atoms with van der Waals surface area (Å²) in [5, 5.41) is 29.4. The number of alkyl halides is 3. The van der Waals surface area contributed by atoms with Gasteiger partial charge in [0, 0.05) is 6.07 Å². The summed E-state index contributed by atoms with van der Waals surface area (Å²) >= 11 is 0. The van der Waals surface area contributed by atoms with Crippen molar-refractivity contribution < 1.29 is 23.2 Å². The van der Waals surface area contributed by atoms with Crippen LogP contribution in [0.25, 0.3) is 11.6 Å². The summed E-state index contributed by atoms with van der Waals surface area (Å²) in [5.74, 6) is -0.547. The van der Waals surface area contributed by atoms with Crippen molar-refractivity contribution in [3.8, 4) is 11.8 Å². The fraction of sp³-hybridized carbons (Fsp3) is 0.0625. The third kappa shape index (κ3) is 3.70. The zero-order valence-corrected chi connectivity index (χ0v) is 11.9. The number of aromatic hydroxyl groups is 1. The van der Waals surface area contributed by atoms with Crippen LogP contribution in [0.5, 0.6) is 5.75 Å². The molecule has 0 fully saturated rings. The van der Waals surface area contributed by atoms with E-state index >= 15 is 0 Å². The molecule has 2 aromatic rings. The van der Waals surface area contributed by atoms with Gasteiger partial charge in [-0.3, -0.25) is 10.1 Å². The molecule has 0 aliphatic carbocycles. The number of phenols is 1. The molecule has 0 heterocycles. The number of nitrogens with zero attached hydrogens (tertiary/aromatic N) is 2. The van der Waals surface area contributed by atoms with Crippen molar-refractivity contribution in [1.29, 1.82) is 5.26 Å². The van der Waals surface area contributed by atoms with E-state index in [0.717, 1.165) is 24.3 Å². The van der Waals surface area contributed by atoms with Gasteiger partial charge >= 0.3 is 11.9 Å². The molecule has 0 saturated carbocycles. The molecule has 0 radical (unpaired) electrons. The average Bonchev–Trinajstić information content (AvgIpc) is 2.53. The highest BCUT2D eigenvalue weighted by Gasteiger charge is 2.30. The van der Waals surface area contributed by atoms with Gasteiger partial charge < -0.3 is 5.11 Å². The molecule has 0 atom stereocenters. The van der Waals surface area contributed by atoms with Crippen molar-refractivity contribution >= 4 is 17.3 Å². The van der Waals surface area contributed by atoms with Gasteiger partial charge in [-0.2, -0.15) is 18.4 Å². The number of nitro groups is 1. The van der Waals surface area contributed by atoms with Crippen LogP contribution in [-0.2, 0) is 6.18 Å². The molecule has 0 aromatic heterocycles. The SMILES string of the molecule is N#C/C(=C/c1ccc(O)c([N+](=O)[O-])c1)c1cccc(C(F)(F)F)c1. The molecule has 24 heavy (non-hydrogen) atoms. The van der Waals surface area contributed by atoms with E-state index in [1.54, 1.807) is 6.07 Å². The van der Waals surface area contributed by atoms with E-state index in [-0.39, 0.29) is 16.7 Å². The fourth-order valence-corrected chi connectivity index (χ4v) is 1.99. The van der Waals surface area contributed by atoms with Gasteiger partial charge in [0.05, 0.1) is 22.1 Å². The second kappa shape index (κ2) is 6.42. The summed E-state index contributed by atoms with van der Waals surface area (Å²) in [6.45, 7) is 0. The van der Waals surface area contributed by atoms with Gasteiger partial charge in [0.2, 0.25) is 0 Å². The van der Waals surface area contributed by atoms with Crippen LogP contribution in [0.4, 0.5) is 18.9 Å². The highest BCUT2D eigenvalue weighted by molar-refractivity contribution is 5.90. The van der Waals surface area contributed by atoms with Crippen LogP contribution in [0.2, 0.25) is 0 Å². The van der Waals surface area contributed by atoms with Gasteiger partial charge in [-0.15, -0.1) is 0 Å². The predicted molar refractivity (Wildman–Crippen MR) is 79.7 cm³/mol. The Morgan fingerprint density at radius 2 is 1.96 bits per heavy atom. The molecule has 0 amide bonds. The van der Waals surface area contributed by atoms with Gasteiger partial charge in [-0.1, -0.05) is 18.2 Å². The molecule has 0 spiro atoms. The lowest BCUT2D eigenvalue weighted by Gasteiger charge is -2.08. The van der Waals surface area contributed by atoms with E-state index in [4.69, 9.17) is 0 Å². The summed E-state index contributed by atoms with van der Waals surface area (Å²) in [6.07, 6.45) is -3.34. The molecule has 0 aliphatic heterocycles. The normalized spacial score (nSPS) is 11.8. The monoisotopic (exact) mass is 334 g/mol. The maximum atomic E-state index is 12.7. The number of phenolic OH excluding ortho intramolecular Hbond substituents is 1. The van der Waals surface area contributed by atoms with Crippen LogP contribution in [0.3, 0.4) is 0 Å². The third-order valence-corrected chi connectivity index (χ3v) is 3.13. The smallest absolute Gasteiger partial charge is 0.416 e. The molecular weight excluding hydrogens is 325 g/mol. The second-order valence-corrected chi connectivity index (χ2v) is 4.75. The average molecular weight is 334 g/mol. The minimum Gasteiger partial charge on any atom is -0.502 e. The van der Waals surface area contributed by atoms with Crippen LogP contribution >= 0.6 is 0 Å². The lowest BCUT2D eigenvalue weighted by Crippen LogP contribution is -2.04. The van der Waals surface area contributed by atoms with Gasteiger partial charge in [-0.05, 0) is 35.4 Å². The molecule has 1 N–H and O–H groups in total. The van der Waals surface area contributed by atoms with E-state index in [0.29, 0.717) is 0 Å². The Morgan fingerprint density at radius 3 is 2.54 bits per heavy atom. The van der Waals surface area contributed by atoms with E-state index in [1.165, 1.54) is 24.3 Å². The van der Waals surface area contributed by atoms with Crippen molar-refractivity contribution in [3.05, 3.63) is 69.3 Å². The number of benzene rings is 2. The first-order chi connectivity index (χ1) is 11.2. The minimum atomic E-state index is -4.55. The summed E-state index contributed by atoms with van der Waals surface area (Å²) in [5.41, 5.74) is -1.33. The van der Waals surface area contributed by atoms with Crippen LogP contribution in [0.15, 0.2) is 42.5 Å². The van der Waals surface area contributed by atoms with Crippen molar-refractivity contribution in [2.75, 3.05) is 0 Å². The van der Waals surface area contributed by atoms with Crippen molar-refractivity contribution in [1.82, 2.24) is 0 Å². The van der Waals surface area contributed by atoms with Crippen molar-refractivity contribution in [2.45, 2.75) is 6.18 Å². The van der Waals surface area contributed by atoms with Crippen molar-refractivity contribution in [3.63, 3.8) is 0 Å². The maximum Gasteiger partial charge on any atom is 0.416 e. The highest BCUT2D eigenvalue weighted by Crippen LogP contribution is 2.32. The van der Waals surface area contributed by atoms with Gasteiger partial charge in [0.25, 0.3) is 0 Å². The third-order valence-electron chi connectivity index (χ3n) is 3.13. The summed E-state index contributed by atoms with van der Waals surface area (Å²) in [6, 6.07) is 9.39. The van der Waals surface area contributed by atoms with Gasteiger partial charge in [0.15, 0.2) is 5.75 Å².